The Balaban J connectivity index is 2.05. The molecule has 0 aromatic heterocycles. The second kappa shape index (κ2) is 3.69. The van der Waals surface area contributed by atoms with Crippen LogP contribution in [-0.2, 0) is 4.79 Å². The van der Waals surface area contributed by atoms with Gasteiger partial charge in [0.25, 0.3) is 0 Å². The van der Waals surface area contributed by atoms with Gasteiger partial charge in [0.15, 0.2) is 0 Å². The van der Waals surface area contributed by atoms with Crippen LogP contribution < -0.4 is 11.1 Å². The number of carbonyl (C=O) groups is 1. The van der Waals surface area contributed by atoms with Crippen LogP contribution in [0, 0.1) is 5.92 Å². The van der Waals surface area contributed by atoms with Gasteiger partial charge in [-0.25, -0.2) is 0 Å². The highest BCUT2D eigenvalue weighted by Gasteiger charge is 2.29. The molecule has 11 heavy (non-hydrogen) atoms. The molecular weight excluding hydrogens is 144 g/mol. The highest BCUT2D eigenvalue weighted by Crippen LogP contribution is 2.32. The Hall–Kier alpha value is -0.610. The normalized spacial score (nSPS) is 19.5. The molecule has 0 spiro atoms. The first-order valence-corrected chi connectivity index (χ1v) is 3.89. The van der Waals surface area contributed by atoms with Crippen LogP contribution in [0.5, 0.6) is 0 Å². The van der Waals surface area contributed by atoms with Gasteiger partial charge in [-0.05, 0) is 18.8 Å². The summed E-state index contributed by atoms with van der Waals surface area (Å²) in [5, 5.41) is 11.8. The summed E-state index contributed by atoms with van der Waals surface area (Å²) in [4.78, 5) is 10.6. The van der Waals surface area contributed by atoms with Crippen LogP contribution in [0.1, 0.15) is 12.8 Å². The van der Waals surface area contributed by atoms with E-state index < -0.39 is 0 Å². The van der Waals surface area contributed by atoms with Crippen molar-refractivity contribution in [1.29, 1.82) is 0 Å². The van der Waals surface area contributed by atoms with Gasteiger partial charge in [0.1, 0.15) is 0 Å². The summed E-state index contributed by atoms with van der Waals surface area (Å²) in [7, 11) is 0. The molecule has 1 aliphatic rings. The molecule has 0 aromatic carbocycles. The van der Waals surface area contributed by atoms with E-state index in [1.165, 1.54) is 0 Å². The van der Waals surface area contributed by atoms with Crippen molar-refractivity contribution in [2.45, 2.75) is 18.9 Å². The fraction of sp³-hybridized carbons (Fsp3) is 0.857. The number of aliphatic hydroxyl groups excluding tert-OH is 1. The second-order valence-corrected chi connectivity index (χ2v) is 2.91. The van der Waals surface area contributed by atoms with E-state index in [9.17, 15) is 9.90 Å². The summed E-state index contributed by atoms with van der Waals surface area (Å²) in [6.07, 6.45) is 1.80. The summed E-state index contributed by atoms with van der Waals surface area (Å²) in [5.74, 6) is 0.206. The van der Waals surface area contributed by atoms with Gasteiger partial charge in [-0.2, -0.15) is 0 Å². The van der Waals surface area contributed by atoms with E-state index in [1.807, 2.05) is 0 Å². The molecule has 0 aromatic rings. The number of nitrogens with one attached hydrogen (secondary N) is 1. The molecule has 1 unspecified atom stereocenters. The largest absolute Gasteiger partial charge is 0.391 e. The standard InChI is InChI=1S/C7H14N2O2/c8-3-7(11)9-4-6(10)5-1-2-5/h5-6,10H,1-4,8H2,(H,9,11). The van der Waals surface area contributed by atoms with Crippen LogP contribution in [0.15, 0.2) is 0 Å². The van der Waals surface area contributed by atoms with Gasteiger partial charge in [0, 0.05) is 6.54 Å². The fourth-order valence-electron chi connectivity index (χ4n) is 0.938. The Kier molecular flexibility index (Phi) is 2.84. The first-order valence-electron chi connectivity index (χ1n) is 3.89. The van der Waals surface area contributed by atoms with E-state index in [1.54, 1.807) is 0 Å². The van der Waals surface area contributed by atoms with Crippen molar-refractivity contribution in [3.63, 3.8) is 0 Å². The number of hydrogen-bond donors (Lipinski definition) is 3. The summed E-state index contributed by atoms with van der Waals surface area (Å²) < 4.78 is 0. The average molecular weight is 158 g/mol. The molecule has 64 valence electrons. The molecule has 1 fully saturated rings. The summed E-state index contributed by atoms with van der Waals surface area (Å²) >= 11 is 0. The second-order valence-electron chi connectivity index (χ2n) is 2.91. The van der Waals surface area contributed by atoms with Gasteiger partial charge in [0.2, 0.25) is 5.91 Å². The lowest BCUT2D eigenvalue weighted by Crippen LogP contribution is -2.36. The van der Waals surface area contributed by atoms with Crippen molar-refractivity contribution < 1.29 is 9.90 Å². The third-order valence-corrected chi connectivity index (χ3v) is 1.86. The molecule has 0 saturated heterocycles. The molecule has 1 atom stereocenters. The summed E-state index contributed by atoms with van der Waals surface area (Å²) in [6, 6.07) is 0. The van der Waals surface area contributed by atoms with Crippen molar-refractivity contribution in [2.75, 3.05) is 13.1 Å². The van der Waals surface area contributed by atoms with Gasteiger partial charge < -0.3 is 16.2 Å². The Labute approximate surface area is 65.8 Å². The number of aliphatic hydroxyl groups is 1. The lowest BCUT2D eigenvalue weighted by atomic mass is 10.2. The van der Waals surface area contributed by atoms with Crippen LogP contribution in [0.4, 0.5) is 0 Å². The van der Waals surface area contributed by atoms with Gasteiger partial charge >= 0.3 is 0 Å². The molecule has 4 N–H and O–H groups in total. The Morgan fingerprint density at radius 3 is 2.82 bits per heavy atom. The van der Waals surface area contributed by atoms with Gasteiger partial charge in [-0.15, -0.1) is 0 Å². The van der Waals surface area contributed by atoms with Crippen LogP contribution in [-0.4, -0.2) is 30.2 Å². The predicted octanol–water partition coefficient (Wildman–Crippen LogP) is -1.17. The van der Waals surface area contributed by atoms with Gasteiger partial charge in [0.05, 0.1) is 12.6 Å². The minimum Gasteiger partial charge on any atom is -0.391 e. The quantitative estimate of drug-likeness (QED) is 0.482. The zero-order valence-corrected chi connectivity index (χ0v) is 6.42. The molecule has 1 aliphatic carbocycles. The van der Waals surface area contributed by atoms with E-state index in [2.05, 4.69) is 5.32 Å². The van der Waals surface area contributed by atoms with Crippen molar-refractivity contribution in [3.8, 4) is 0 Å². The highest BCUT2D eigenvalue weighted by molar-refractivity contribution is 5.77. The lowest BCUT2D eigenvalue weighted by molar-refractivity contribution is -0.120. The molecule has 1 saturated carbocycles. The Morgan fingerprint density at radius 2 is 2.36 bits per heavy atom. The Morgan fingerprint density at radius 1 is 1.73 bits per heavy atom. The molecule has 4 heteroatoms. The highest BCUT2D eigenvalue weighted by atomic mass is 16.3. The zero-order chi connectivity index (χ0) is 8.27. The summed E-state index contributed by atoms with van der Waals surface area (Å²) in [6.45, 7) is 0.345. The lowest BCUT2D eigenvalue weighted by Gasteiger charge is -2.09. The SMILES string of the molecule is NCC(=O)NCC(O)C1CC1. The minimum absolute atomic E-state index is 0.00259. The molecule has 0 heterocycles. The number of rotatable bonds is 4. The molecular formula is C7H14N2O2. The summed E-state index contributed by atoms with van der Waals surface area (Å²) in [5.41, 5.74) is 5.06. The number of nitrogens with two attached hydrogens (primary N) is 1. The van der Waals surface area contributed by atoms with Crippen LogP contribution in [0.3, 0.4) is 0 Å². The van der Waals surface area contributed by atoms with Gasteiger partial charge in [-0.1, -0.05) is 0 Å². The van der Waals surface area contributed by atoms with Crippen molar-refractivity contribution in [1.82, 2.24) is 5.32 Å². The van der Waals surface area contributed by atoms with Crippen LogP contribution in [0.25, 0.3) is 0 Å². The van der Waals surface area contributed by atoms with E-state index in [0.717, 1.165) is 12.8 Å². The predicted molar refractivity (Wildman–Crippen MR) is 40.8 cm³/mol. The maximum Gasteiger partial charge on any atom is 0.233 e. The fourth-order valence-corrected chi connectivity index (χ4v) is 0.938. The van der Waals surface area contributed by atoms with E-state index in [0.29, 0.717) is 12.5 Å². The van der Waals surface area contributed by atoms with Crippen molar-refractivity contribution in [2.24, 2.45) is 11.7 Å². The van der Waals surface area contributed by atoms with E-state index in [4.69, 9.17) is 5.73 Å². The number of carbonyl (C=O) groups excluding carboxylic acids is 1. The monoisotopic (exact) mass is 158 g/mol. The third kappa shape index (κ3) is 2.86. The van der Waals surface area contributed by atoms with Gasteiger partial charge in [-0.3, -0.25) is 4.79 Å². The van der Waals surface area contributed by atoms with E-state index in [-0.39, 0.29) is 18.6 Å². The van der Waals surface area contributed by atoms with Crippen LogP contribution in [0.2, 0.25) is 0 Å². The third-order valence-electron chi connectivity index (χ3n) is 1.86. The van der Waals surface area contributed by atoms with E-state index >= 15 is 0 Å². The zero-order valence-electron chi connectivity index (χ0n) is 6.42. The van der Waals surface area contributed by atoms with Crippen molar-refractivity contribution >= 4 is 5.91 Å². The minimum atomic E-state index is -0.370. The molecule has 1 amide bonds. The maximum atomic E-state index is 10.6. The Bertz CT molecular complexity index is 145. The molecule has 1 rings (SSSR count). The first-order chi connectivity index (χ1) is 5.24. The smallest absolute Gasteiger partial charge is 0.233 e. The first kappa shape index (κ1) is 8.49. The number of amides is 1. The molecule has 0 radical (unpaired) electrons. The van der Waals surface area contributed by atoms with Crippen LogP contribution >= 0.6 is 0 Å². The molecule has 4 nitrogen and oxygen atoms in total. The number of hydrogen-bond acceptors (Lipinski definition) is 3. The topological polar surface area (TPSA) is 75.4 Å². The molecule has 0 aliphatic heterocycles. The molecule has 0 bridgehead atoms. The maximum absolute atomic E-state index is 10.6. The van der Waals surface area contributed by atoms with Crippen molar-refractivity contribution in [3.05, 3.63) is 0 Å². The average Bonchev–Trinajstić information content (AvgIpc) is 2.81.